The van der Waals surface area contributed by atoms with Gasteiger partial charge in [-0.3, -0.25) is 9.59 Å². The second-order valence-electron chi connectivity index (χ2n) is 3.90. The molecule has 0 unspecified atom stereocenters. The first kappa shape index (κ1) is 13.1. The fourth-order valence-electron chi connectivity index (χ4n) is 1.93. The molecule has 1 heterocycles. The first-order valence-electron chi connectivity index (χ1n) is 5.63. The van der Waals surface area contributed by atoms with E-state index in [1.54, 1.807) is 6.20 Å². The highest BCUT2D eigenvalue weighted by atomic mass is 127. The quantitative estimate of drug-likeness (QED) is 0.837. The molecule has 1 N–H and O–H groups in total. The summed E-state index contributed by atoms with van der Waals surface area (Å²) in [6, 6.07) is 5.68. The van der Waals surface area contributed by atoms with Crippen LogP contribution in [0.15, 0.2) is 29.2 Å². The van der Waals surface area contributed by atoms with Gasteiger partial charge in [-0.05, 0) is 47.7 Å². The summed E-state index contributed by atoms with van der Waals surface area (Å²) in [6.45, 7) is 2.69. The Kier molecular flexibility index (Phi) is 3.70. The number of aryl methyl sites for hydroxylation is 1. The van der Waals surface area contributed by atoms with Crippen LogP contribution < -0.4 is 10.7 Å². The third kappa shape index (κ3) is 2.14. The molecular formula is C13H13IN2O2. The van der Waals surface area contributed by atoms with E-state index in [9.17, 15) is 9.59 Å². The van der Waals surface area contributed by atoms with Gasteiger partial charge in [-0.1, -0.05) is 0 Å². The van der Waals surface area contributed by atoms with E-state index < -0.39 is 0 Å². The highest BCUT2D eigenvalue weighted by Gasteiger charge is 2.13. The number of carbonyl (C=O) groups is 1. The smallest absolute Gasteiger partial charge is 0.256 e. The van der Waals surface area contributed by atoms with Crippen LogP contribution in [-0.4, -0.2) is 17.5 Å². The summed E-state index contributed by atoms with van der Waals surface area (Å²) in [5.41, 5.74) is 0.831. The molecule has 0 aliphatic rings. The fourth-order valence-corrected chi connectivity index (χ4v) is 2.42. The van der Waals surface area contributed by atoms with E-state index >= 15 is 0 Å². The molecule has 0 atom stereocenters. The van der Waals surface area contributed by atoms with Crippen LogP contribution >= 0.6 is 22.6 Å². The Bertz CT molecular complexity index is 676. The number of benzene rings is 1. The van der Waals surface area contributed by atoms with Gasteiger partial charge >= 0.3 is 0 Å². The molecule has 0 bridgehead atoms. The van der Waals surface area contributed by atoms with E-state index in [-0.39, 0.29) is 16.9 Å². The van der Waals surface area contributed by atoms with E-state index in [0.29, 0.717) is 11.9 Å². The second-order valence-corrected chi connectivity index (χ2v) is 5.14. The third-order valence-corrected chi connectivity index (χ3v) is 3.53. The molecule has 2 aromatic rings. The summed E-state index contributed by atoms with van der Waals surface area (Å²) < 4.78 is 2.89. The van der Waals surface area contributed by atoms with Gasteiger partial charge in [0.25, 0.3) is 5.91 Å². The van der Waals surface area contributed by atoms with Crippen molar-refractivity contribution in [1.29, 1.82) is 0 Å². The summed E-state index contributed by atoms with van der Waals surface area (Å²) in [5.74, 6) is -0.344. The van der Waals surface area contributed by atoms with Gasteiger partial charge in [0, 0.05) is 28.7 Å². The number of fused-ring (bicyclic) bond motifs is 1. The monoisotopic (exact) mass is 356 g/mol. The predicted octanol–water partition coefficient (Wildman–Crippen LogP) is 1.99. The first-order valence-corrected chi connectivity index (χ1v) is 6.71. The van der Waals surface area contributed by atoms with Gasteiger partial charge in [0.2, 0.25) is 5.43 Å². The molecule has 1 aromatic heterocycles. The first-order chi connectivity index (χ1) is 8.58. The normalized spacial score (nSPS) is 10.6. The molecule has 0 radical (unpaired) electrons. The Morgan fingerprint density at radius 1 is 1.44 bits per heavy atom. The van der Waals surface area contributed by atoms with Gasteiger partial charge in [0.15, 0.2) is 0 Å². The molecule has 4 nitrogen and oxygen atoms in total. The standard InChI is InChI=1S/C13H13IN2O2/c1-3-16-7-10(13(18)15-2)12(17)9-6-8(14)4-5-11(9)16/h4-7H,3H2,1-2H3,(H,15,18). The van der Waals surface area contributed by atoms with Crippen molar-refractivity contribution in [3.05, 3.63) is 43.8 Å². The summed E-state index contributed by atoms with van der Waals surface area (Å²) in [6.07, 6.45) is 1.62. The largest absolute Gasteiger partial charge is 0.355 e. The van der Waals surface area contributed by atoms with Crippen LogP contribution in [0.3, 0.4) is 0 Å². The Morgan fingerprint density at radius 2 is 2.17 bits per heavy atom. The number of nitrogens with zero attached hydrogens (tertiary/aromatic N) is 1. The molecule has 5 heteroatoms. The van der Waals surface area contributed by atoms with E-state index in [4.69, 9.17) is 0 Å². The van der Waals surface area contributed by atoms with Gasteiger partial charge < -0.3 is 9.88 Å². The molecule has 0 aliphatic carbocycles. The van der Waals surface area contributed by atoms with Crippen molar-refractivity contribution in [2.75, 3.05) is 7.05 Å². The third-order valence-electron chi connectivity index (χ3n) is 2.85. The molecule has 0 saturated heterocycles. The molecule has 0 spiro atoms. The maximum Gasteiger partial charge on any atom is 0.256 e. The van der Waals surface area contributed by atoms with E-state index in [1.165, 1.54) is 7.05 Å². The van der Waals surface area contributed by atoms with Gasteiger partial charge in [-0.2, -0.15) is 0 Å². The van der Waals surface area contributed by atoms with Gasteiger partial charge in [0.05, 0.1) is 5.52 Å². The average molecular weight is 356 g/mol. The number of hydrogen-bond donors (Lipinski definition) is 1. The van der Waals surface area contributed by atoms with Crippen LogP contribution in [0.2, 0.25) is 0 Å². The Labute approximate surface area is 118 Å². The zero-order valence-corrected chi connectivity index (χ0v) is 12.3. The van der Waals surface area contributed by atoms with E-state index in [0.717, 1.165) is 9.09 Å². The minimum absolute atomic E-state index is 0.189. The van der Waals surface area contributed by atoms with E-state index in [1.807, 2.05) is 29.7 Å². The summed E-state index contributed by atoms with van der Waals surface area (Å²) >= 11 is 2.16. The maximum atomic E-state index is 12.3. The number of pyridine rings is 1. The fraction of sp³-hybridized carbons (Fsp3) is 0.231. The maximum absolute atomic E-state index is 12.3. The lowest BCUT2D eigenvalue weighted by Gasteiger charge is -2.11. The number of aromatic nitrogens is 1. The van der Waals surface area contributed by atoms with Gasteiger partial charge in [-0.15, -0.1) is 0 Å². The van der Waals surface area contributed by atoms with Gasteiger partial charge in [-0.25, -0.2) is 0 Å². The Hall–Kier alpha value is -1.37. The Balaban J connectivity index is 2.88. The number of carbonyl (C=O) groups excluding carboxylic acids is 1. The molecule has 1 aromatic carbocycles. The van der Waals surface area contributed by atoms with Crippen molar-refractivity contribution in [1.82, 2.24) is 9.88 Å². The number of nitrogens with one attached hydrogen (secondary N) is 1. The van der Waals surface area contributed by atoms with Crippen LogP contribution in [-0.2, 0) is 6.54 Å². The summed E-state index contributed by atoms with van der Waals surface area (Å²) in [4.78, 5) is 24.0. The van der Waals surface area contributed by atoms with E-state index in [2.05, 4.69) is 27.9 Å². The van der Waals surface area contributed by atoms with Crippen molar-refractivity contribution in [3.63, 3.8) is 0 Å². The summed E-state index contributed by atoms with van der Waals surface area (Å²) in [7, 11) is 1.52. The van der Waals surface area contributed by atoms with Crippen LogP contribution in [0.4, 0.5) is 0 Å². The van der Waals surface area contributed by atoms with Crippen LogP contribution in [0, 0.1) is 3.57 Å². The predicted molar refractivity (Wildman–Crippen MR) is 80.0 cm³/mol. The van der Waals surface area contributed by atoms with Crippen LogP contribution in [0.5, 0.6) is 0 Å². The van der Waals surface area contributed by atoms with Crippen molar-refractivity contribution < 1.29 is 4.79 Å². The zero-order chi connectivity index (χ0) is 13.3. The second kappa shape index (κ2) is 5.09. The van der Waals surface area contributed by atoms with Crippen molar-refractivity contribution in [3.8, 4) is 0 Å². The Morgan fingerprint density at radius 3 is 2.78 bits per heavy atom. The molecule has 18 heavy (non-hydrogen) atoms. The van der Waals surface area contributed by atoms with Crippen LogP contribution in [0.1, 0.15) is 17.3 Å². The highest BCUT2D eigenvalue weighted by Crippen LogP contribution is 2.15. The van der Waals surface area contributed by atoms with Crippen molar-refractivity contribution in [2.24, 2.45) is 0 Å². The van der Waals surface area contributed by atoms with Crippen molar-refractivity contribution >= 4 is 39.4 Å². The number of halogens is 1. The molecule has 2 rings (SSSR count). The van der Waals surface area contributed by atoms with Crippen LogP contribution in [0.25, 0.3) is 10.9 Å². The number of rotatable bonds is 2. The lowest BCUT2D eigenvalue weighted by atomic mass is 10.1. The topological polar surface area (TPSA) is 51.1 Å². The average Bonchev–Trinajstić information content (AvgIpc) is 2.39. The molecule has 94 valence electrons. The van der Waals surface area contributed by atoms with Crippen molar-refractivity contribution in [2.45, 2.75) is 13.5 Å². The minimum atomic E-state index is -0.344. The molecule has 0 fully saturated rings. The SMILES string of the molecule is CCn1cc(C(=O)NC)c(=O)c2cc(I)ccc21. The lowest BCUT2D eigenvalue weighted by Crippen LogP contribution is -2.27. The number of amides is 1. The van der Waals surface area contributed by atoms with Gasteiger partial charge in [0.1, 0.15) is 5.56 Å². The zero-order valence-electron chi connectivity index (χ0n) is 10.2. The lowest BCUT2D eigenvalue weighted by molar-refractivity contribution is 0.0961. The molecule has 0 aliphatic heterocycles. The molecule has 0 saturated carbocycles. The number of hydrogen-bond acceptors (Lipinski definition) is 2. The summed E-state index contributed by atoms with van der Waals surface area (Å²) in [5, 5.41) is 3.09. The minimum Gasteiger partial charge on any atom is -0.355 e. The molecule has 1 amide bonds. The molecular weight excluding hydrogens is 343 g/mol. The highest BCUT2D eigenvalue weighted by molar-refractivity contribution is 14.1.